The van der Waals surface area contributed by atoms with Gasteiger partial charge in [-0.15, -0.1) is 0 Å². The number of amides is 1. The summed E-state index contributed by atoms with van der Waals surface area (Å²) in [7, 11) is 0. The molecule has 0 aliphatic carbocycles. The molecule has 2 N–H and O–H groups in total. The van der Waals surface area contributed by atoms with Crippen LogP contribution in [0.15, 0.2) is 18.3 Å². The molecule has 3 heterocycles. The molecule has 0 spiro atoms. The smallest absolute Gasteiger partial charge is 0.224 e. The van der Waals surface area contributed by atoms with Gasteiger partial charge in [0.1, 0.15) is 0 Å². The predicted octanol–water partition coefficient (Wildman–Crippen LogP) is 1.82. The number of hydrogen-bond donors (Lipinski definition) is 2. The minimum Gasteiger partial charge on any atom is -0.363 e. The Morgan fingerprint density at radius 2 is 2.33 bits per heavy atom. The monoisotopic (exact) mass is 247 g/mol. The maximum atomic E-state index is 12.4. The van der Waals surface area contributed by atoms with Gasteiger partial charge < -0.3 is 15.2 Å². The van der Waals surface area contributed by atoms with Gasteiger partial charge in [-0.25, -0.2) is 0 Å². The molecule has 0 radical (unpaired) electrons. The quantitative estimate of drug-likeness (QED) is 0.856. The van der Waals surface area contributed by atoms with E-state index in [1.165, 1.54) is 12.1 Å². The van der Waals surface area contributed by atoms with Crippen LogP contribution in [0.3, 0.4) is 0 Å². The molecular weight excluding hydrogens is 226 g/mol. The van der Waals surface area contributed by atoms with Crippen molar-refractivity contribution in [3.05, 3.63) is 24.0 Å². The number of aromatic nitrogens is 1. The van der Waals surface area contributed by atoms with Gasteiger partial charge in [-0.2, -0.15) is 0 Å². The average molecular weight is 247 g/mol. The maximum Gasteiger partial charge on any atom is 0.224 e. The fourth-order valence-electron chi connectivity index (χ4n) is 3.20. The SMILES string of the molecule is O=C(CC1CCCN1)N1CCCC1c1ccc[nH]1. The molecule has 4 nitrogen and oxygen atoms in total. The third kappa shape index (κ3) is 2.29. The largest absolute Gasteiger partial charge is 0.363 e. The summed E-state index contributed by atoms with van der Waals surface area (Å²) in [6.45, 7) is 1.98. The van der Waals surface area contributed by atoms with Crippen molar-refractivity contribution in [3.8, 4) is 0 Å². The van der Waals surface area contributed by atoms with E-state index in [0.717, 1.165) is 32.4 Å². The van der Waals surface area contributed by atoms with Crippen molar-refractivity contribution in [3.63, 3.8) is 0 Å². The third-order valence-corrected chi connectivity index (χ3v) is 4.14. The van der Waals surface area contributed by atoms with E-state index in [9.17, 15) is 4.79 Å². The van der Waals surface area contributed by atoms with Crippen molar-refractivity contribution >= 4 is 5.91 Å². The van der Waals surface area contributed by atoms with Crippen LogP contribution in [0.5, 0.6) is 0 Å². The van der Waals surface area contributed by atoms with Crippen LogP contribution in [-0.2, 0) is 4.79 Å². The Bertz CT molecular complexity index is 395. The fraction of sp³-hybridized carbons (Fsp3) is 0.643. The second-order valence-corrected chi connectivity index (χ2v) is 5.37. The van der Waals surface area contributed by atoms with E-state index in [0.29, 0.717) is 18.4 Å². The van der Waals surface area contributed by atoms with Crippen LogP contribution in [0.1, 0.15) is 43.8 Å². The molecule has 1 aromatic rings. The molecule has 1 amide bonds. The number of nitrogens with one attached hydrogen (secondary N) is 2. The summed E-state index contributed by atoms with van der Waals surface area (Å²) >= 11 is 0. The van der Waals surface area contributed by atoms with Gasteiger partial charge in [-0.3, -0.25) is 4.79 Å². The number of likely N-dealkylation sites (tertiary alicyclic amines) is 1. The summed E-state index contributed by atoms with van der Waals surface area (Å²) < 4.78 is 0. The van der Waals surface area contributed by atoms with E-state index in [1.54, 1.807) is 0 Å². The molecule has 98 valence electrons. The van der Waals surface area contributed by atoms with Crippen LogP contribution in [0.2, 0.25) is 0 Å². The Kier molecular flexibility index (Phi) is 3.37. The van der Waals surface area contributed by atoms with Crippen molar-refractivity contribution in [2.45, 2.75) is 44.2 Å². The lowest BCUT2D eigenvalue weighted by Crippen LogP contribution is -2.35. The highest BCUT2D eigenvalue weighted by molar-refractivity contribution is 5.77. The summed E-state index contributed by atoms with van der Waals surface area (Å²) in [6.07, 6.45) is 7.16. The zero-order valence-corrected chi connectivity index (χ0v) is 10.7. The van der Waals surface area contributed by atoms with Gasteiger partial charge >= 0.3 is 0 Å². The lowest BCUT2D eigenvalue weighted by Gasteiger charge is -2.25. The standard InChI is InChI=1S/C14H21N3O/c18-14(10-11-4-1-7-15-11)17-9-3-6-13(17)12-5-2-8-16-12/h2,5,8,11,13,15-16H,1,3-4,6-7,9-10H2. The lowest BCUT2D eigenvalue weighted by atomic mass is 10.1. The topological polar surface area (TPSA) is 48.1 Å². The van der Waals surface area contributed by atoms with Crippen LogP contribution in [0, 0.1) is 0 Å². The number of rotatable bonds is 3. The van der Waals surface area contributed by atoms with Crippen molar-refractivity contribution in [2.75, 3.05) is 13.1 Å². The van der Waals surface area contributed by atoms with Crippen LogP contribution in [-0.4, -0.2) is 34.9 Å². The predicted molar refractivity (Wildman–Crippen MR) is 70.1 cm³/mol. The highest BCUT2D eigenvalue weighted by Crippen LogP contribution is 2.31. The molecule has 2 unspecified atom stereocenters. The van der Waals surface area contributed by atoms with Gasteiger partial charge in [0.25, 0.3) is 0 Å². The first kappa shape index (κ1) is 11.8. The Morgan fingerprint density at radius 1 is 1.39 bits per heavy atom. The van der Waals surface area contributed by atoms with Gasteiger partial charge in [-0.05, 0) is 44.4 Å². The Hall–Kier alpha value is -1.29. The lowest BCUT2D eigenvalue weighted by molar-refractivity contribution is -0.132. The van der Waals surface area contributed by atoms with Crippen LogP contribution < -0.4 is 5.32 Å². The second kappa shape index (κ2) is 5.14. The minimum absolute atomic E-state index is 0.272. The molecule has 2 aliphatic heterocycles. The summed E-state index contributed by atoms with van der Waals surface area (Å²) in [5.74, 6) is 0.312. The molecule has 18 heavy (non-hydrogen) atoms. The summed E-state index contributed by atoms with van der Waals surface area (Å²) in [4.78, 5) is 17.7. The molecular formula is C14H21N3O. The van der Waals surface area contributed by atoms with E-state index in [2.05, 4.69) is 21.3 Å². The van der Waals surface area contributed by atoms with E-state index >= 15 is 0 Å². The number of nitrogens with zero attached hydrogens (tertiary/aromatic N) is 1. The minimum atomic E-state index is 0.272. The summed E-state index contributed by atoms with van der Waals surface area (Å²) in [5, 5.41) is 3.41. The molecule has 1 aromatic heterocycles. The Balaban J connectivity index is 1.65. The van der Waals surface area contributed by atoms with Gasteiger partial charge in [0.2, 0.25) is 5.91 Å². The second-order valence-electron chi connectivity index (χ2n) is 5.37. The molecule has 0 aromatic carbocycles. The van der Waals surface area contributed by atoms with Crippen LogP contribution in [0.25, 0.3) is 0 Å². The Morgan fingerprint density at radius 3 is 3.06 bits per heavy atom. The fourth-order valence-corrected chi connectivity index (χ4v) is 3.20. The number of hydrogen-bond acceptors (Lipinski definition) is 2. The van der Waals surface area contributed by atoms with Crippen molar-refractivity contribution in [1.29, 1.82) is 0 Å². The first-order valence-corrected chi connectivity index (χ1v) is 7.01. The molecule has 2 saturated heterocycles. The van der Waals surface area contributed by atoms with Crippen molar-refractivity contribution in [1.82, 2.24) is 15.2 Å². The molecule has 0 saturated carbocycles. The number of H-pyrrole nitrogens is 1. The Labute approximate surface area is 108 Å². The molecule has 4 heteroatoms. The summed E-state index contributed by atoms with van der Waals surface area (Å²) in [5.41, 5.74) is 1.18. The van der Waals surface area contributed by atoms with Gasteiger partial charge in [-0.1, -0.05) is 0 Å². The van der Waals surface area contributed by atoms with E-state index in [4.69, 9.17) is 0 Å². The molecule has 3 rings (SSSR count). The van der Waals surface area contributed by atoms with Crippen molar-refractivity contribution in [2.24, 2.45) is 0 Å². The zero-order chi connectivity index (χ0) is 12.4. The van der Waals surface area contributed by atoms with E-state index in [1.807, 2.05) is 12.3 Å². The van der Waals surface area contributed by atoms with E-state index < -0.39 is 0 Å². The third-order valence-electron chi connectivity index (χ3n) is 4.14. The highest BCUT2D eigenvalue weighted by Gasteiger charge is 2.31. The van der Waals surface area contributed by atoms with Gasteiger partial charge in [0.05, 0.1) is 6.04 Å². The first-order valence-electron chi connectivity index (χ1n) is 7.01. The van der Waals surface area contributed by atoms with Gasteiger partial charge in [0.15, 0.2) is 0 Å². The molecule has 2 fully saturated rings. The molecule has 2 atom stereocenters. The van der Waals surface area contributed by atoms with Crippen molar-refractivity contribution < 1.29 is 4.79 Å². The highest BCUT2D eigenvalue weighted by atomic mass is 16.2. The maximum absolute atomic E-state index is 12.4. The normalized spacial score (nSPS) is 27.9. The molecule has 0 bridgehead atoms. The van der Waals surface area contributed by atoms with Crippen LogP contribution in [0.4, 0.5) is 0 Å². The van der Waals surface area contributed by atoms with E-state index in [-0.39, 0.29) is 6.04 Å². The molecule has 2 aliphatic rings. The number of aromatic amines is 1. The number of carbonyl (C=O) groups excluding carboxylic acids is 1. The zero-order valence-electron chi connectivity index (χ0n) is 10.7. The van der Waals surface area contributed by atoms with Gasteiger partial charge in [0, 0.05) is 30.9 Å². The number of carbonyl (C=O) groups is 1. The van der Waals surface area contributed by atoms with Crippen LogP contribution >= 0.6 is 0 Å². The first-order chi connectivity index (χ1) is 8.84. The summed E-state index contributed by atoms with van der Waals surface area (Å²) in [6, 6.07) is 4.77. The average Bonchev–Trinajstić information content (AvgIpc) is 3.11.